The van der Waals surface area contributed by atoms with Crippen LogP contribution in [0.2, 0.25) is 0 Å². The summed E-state index contributed by atoms with van der Waals surface area (Å²) in [7, 11) is 1.40. The molecule has 1 fully saturated rings. The molecule has 6 nitrogen and oxygen atoms in total. The Bertz CT molecular complexity index is 540. The van der Waals surface area contributed by atoms with Crippen molar-refractivity contribution in [1.82, 2.24) is 10.2 Å². The average Bonchev–Trinajstić information content (AvgIpc) is 2.69. The lowest BCUT2D eigenvalue weighted by molar-refractivity contribution is -0.157. The monoisotopic (exact) mass is 292 g/mol. The normalized spacial score (nSPS) is 25.8. The third-order valence-electron chi connectivity index (χ3n) is 4.25. The number of nitrogens with one attached hydrogen (secondary N) is 1. The quantitative estimate of drug-likeness (QED) is 0.771. The summed E-state index contributed by atoms with van der Waals surface area (Å²) in [6.45, 7) is 3.53. The van der Waals surface area contributed by atoms with Gasteiger partial charge in [-0.15, -0.1) is 0 Å². The minimum Gasteiger partial charge on any atom is -0.508 e. The number of phenols is 1. The van der Waals surface area contributed by atoms with E-state index in [2.05, 4.69) is 10.2 Å². The SMILES string of the molecule is COC(=O)C1(N2CCCNCC2)COc2cc(O)ccc21. The maximum absolute atomic E-state index is 12.6. The van der Waals surface area contributed by atoms with Crippen LogP contribution < -0.4 is 10.1 Å². The van der Waals surface area contributed by atoms with Crippen molar-refractivity contribution in [3.8, 4) is 11.5 Å². The highest BCUT2D eigenvalue weighted by molar-refractivity contribution is 5.85. The number of phenolic OH excluding ortho intramolecular Hbond substituents is 1. The molecule has 0 amide bonds. The molecule has 0 aliphatic carbocycles. The number of aromatic hydroxyl groups is 1. The van der Waals surface area contributed by atoms with Crippen LogP contribution in [0.15, 0.2) is 18.2 Å². The van der Waals surface area contributed by atoms with Crippen LogP contribution in [0.3, 0.4) is 0 Å². The van der Waals surface area contributed by atoms with Gasteiger partial charge in [-0.25, -0.2) is 4.79 Å². The minimum atomic E-state index is -0.913. The Hall–Kier alpha value is -1.79. The lowest BCUT2D eigenvalue weighted by Gasteiger charge is -2.36. The average molecular weight is 292 g/mol. The summed E-state index contributed by atoms with van der Waals surface area (Å²) in [4.78, 5) is 14.7. The fourth-order valence-electron chi connectivity index (χ4n) is 3.19. The Morgan fingerprint density at radius 1 is 1.43 bits per heavy atom. The van der Waals surface area contributed by atoms with Crippen molar-refractivity contribution in [2.45, 2.75) is 12.0 Å². The first kappa shape index (κ1) is 14.2. The van der Waals surface area contributed by atoms with E-state index in [1.807, 2.05) is 0 Å². The number of carbonyl (C=O) groups is 1. The number of hydrogen-bond acceptors (Lipinski definition) is 6. The molecule has 1 saturated heterocycles. The number of hydrogen-bond donors (Lipinski definition) is 2. The summed E-state index contributed by atoms with van der Waals surface area (Å²) < 4.78 is 10.8. The van der Waals surface area contributed by atoms with Crippen LogP contribution in [-0.2, 0) is 15.1 Å². The van der Waals surface area contributed by atoms with Crippen molar-refractivity contribution in [2.24, 2.45) is 0 Å². The maximum Gasteiger partial charge on any atom is 0.334 e. The lowest BCUT2D eigenvalue weighted by atomic mass is 9.89. The molecule has 2 heterocycles. The molecular formula is C15H20N2O4. The summed E-state index contributed by atoms with van der Waals surface area (Å²) in [6, 6.07) is 4.89. The number of benzene rings is 1. The second kappa shape index (κ2) is 5.54. The van der Waals surface area contributed by atoms with E-state index in [4.69, 9.17) is 9.47 Å². The fraction of sp³-hybridized carbons (Fsp3) is 0.533. The third kappa shape index (κ3) is 2.24. The highest BCUT2D eigenvalue weighted by Crippen LogP contribution is 2.43. The van der Waals surface area contributed by atoms with Crippen molar-refractivity contribution < 1.29 is 19.4 Å². The molecule has 0 saturated carbocycles. The Labute approximate surface area is 123 Å². The number of rotatable bonds is 2. The van der Waals surface area contributed by atoms with Gasteiger partial charge in [0.25, 0.3) is 0 Å². The largest absolute Gasteiger partial charge is 0.508 e. The fourth-order valence-corrected chi connectivity index (χ4v) is 3.19. The van der Waals surface area contributed by atoms with Crippen LogP contribution in [0.1, 0.15) is 12.0 Å². The summed E-state index contributed by atoms with van der Waals surface area (Å²) in [5.41, 5.74) is -0.141. The molecule has 2 N–H and O–H groups in total. The zero-order valence-electron chi connectivity index (χ0n) is 12.1. The van der Waals surface area contributed by atoms with Gasteiger partial charge in [-0.1, -0.05) is 0 Å². The Balaban J connectivity index is 2.05. The standard InChI is InChI=1S/C15H20N2O4/c1-20-14(19)15(17-7-2-5-16-6-8-17)10-21-13-9-11(18)3-4-12(13)15/h3-4,9,16,18H,2,5-8,10H2,1H3. The van der Waals surface area contributed by atoms with Gasteiger partial charge in [0, 0.05) is 31.3 Å². The summed E-state index contributed by atoms with van der Waals surface area (Å²) in [5, 5.41) is 12.9. The van der Waals surface area contributed by atoms with E-state index >= 15 is 0 Å². The van der Waals surface area contributed by atoms with Crippen LogP contribution in [0.4, 0.5) is 0 Å². The number of esters is 1. The van der Waals surface area contributed by atoms with E-state index in [9.17, 15) is 9.90 Å². The van der Waals surface area contributed by atoms with Crippen molar-refractivity contribution in [1.29, 1.82) is 0 Å². The van der Waals surface area contributed by atoms with E-state index in [1.54, 1.807) is 18.2 Å². The van der Waals surface area contributed by atoms with Gasteiger partial charge in [-0.2, -0.15) is 0 Å². The van der Waals surface area contributed by atoms with Gasteiger partial charge in [0.2, 0.25) is 0 Å². The maximum atomic E-state index is 12.6. The van der Waals surface area contributed by atoms with Crippen molar-refractivity contribution in [2.75, 3.05) is 39.9 Å². The second-order valence-electron chi connectivity index (χ2n) is 5.41. The molecule has 6 heteroatoms. The predicted molar refractivity (Wildman–Crippen MR) is 76.4 cm³/mol. The van der Waals surface area contributed by atoms with Gasteiger partial charge in [0.15, 0.2) is 5.54 Å². The molecule has 3 rings (SSSR count). The van der Waals surface area contributed by atoms with Gasteiger partial charge in [-0.3, -0.25) is 4.90 Å². The zero-order valence-corrected chi connectivity index (χ0v) is 12.1. The molecule has 0 spiro atoms. The molecule has 1 unspecified atom stereocenters. The molecule has 1 aromatic rings. The number of methoxy groups -OCH3 is 1. The van der Waals surface area contributed by atoms with E-state index in [-0.39, 0.29) is 18.3 Å². The molecule has 1 atom stereocenters. The van der Waals surface area contributed by atoms with E-state index in [1.165, 1.54) is 7.11 Å². The first-order chi connectivity index (χ1) is 10.2. The summed E-state index contributed by atoms with van der Waals surface area (Å²) >= 11 is 0. The zero-order chi connectivity index (χ0) is 14.9. The molecule has 114 valence electrons. The van der Waals surface area contributed by atoms with Crippen molar-refractivity contribution >= 4 is 5.97 Å². The van der Waals surface area contributed by atoms with Crippen LogP contribution in [0, 0.1) is 0 Å². The van der Waals surface area contributed by atoms with Crippen LogP contribution in [0.25, 0.3) is 0 Å². The van der Waals surface area contributed by atoms with Gasteiger partial charge in [-0.05, 0) is 25.1 Å². The van der Waals surface area contributed by atoms with Gasteiger partial charge in [0.05, 0.1) is 7.11 Å². The molecule has 0 bridgehead atoms. The van der Waals surface area contributed by atoms with E-state index in [0.717, 1.165) is 38.2 Å². The van der Waals surface area contributed by atoms with E-state index < -0.39 is 5.54 Å². The first-order valence-electron chi connectivity index (χ1n) is 7.19. The molecule has 1 aromatic carbocycles. The molecule has 0 radical (unpaired) electrons. The molecule has 2 aliphatic heterocycles. The van der Waals surface area contributed by atoms with Crippen LogP contribution in [0.5, 0.6) is 11.5 Å². The van der Waals surface area contributed by atoms with Gasteiger partial charge >= 0.3 is 5.97 Å². The predicted octanol–water partition coefficient (Wildman–Crippen LogP) is 0.448. The number of carbonyl (C=O) groups excluding carboxylic acids is 1. The molecule has 2 aliphatic rings. The van der Waals surface area contributed by atoms with E-state index in [0.29, 0.717) is 5.75 Å². The topological polar surface area (TPSA) is 71.0 Å². The first-order valence-corrected chi connectivity index (χ1v) is 7.19. The van der Waals surface area contributed by atoms with Crippen molar-refractivity contribution in [3.05, 3.63) is 23.8 Å². The third-order valence-corrected chi connectivity index (χ3v) is 4.25. The number of nitrogens with zero attached hydrogens (tertiary/aromatic N) is 1. The molecular weight excluding hydrogens is 272 g/mol. The summed E-state index contributed by atoms with van der Waals surface area (Å²) in [5.74, 6) is 0.374. The molecule has 21 heavy (non-hydrogen) atoms. The van der Waals surface area contributed by atoms with Gasteiger partial charge in [0.1, 0.15) is 18.1 Å². The Morgan fingerprint density at radius 3 is 3.10 bits per heavy atom. The Morgan fingerprint density at radius 2 is 2.29 bits per heavy atom. The molecule has 0 aromatic heterocycles. The second-order valence-corrected chi connectivity index (χ2v) is 5.41. The minimum absolute atomic E-state index is 0.131. The highest BCUT2D eigenvalue weighted by atomic mass is 16.5. The number of ether oxygens (including phenoxy) is 2. The van der Waals surface area contributed by atoms with Gasteiger partial charge < -0.3 is 19.9 Å². The van der Waals surface area contributed by atoms with Crippen LogP contribution in [-0.4, -0.2) is 55.9 Å². The lowest BCUT2D eigenvalue weighted by Crippen LogP contribution is -2.55. The van der Waals surface area contributed by atoms with Crippen molar-refractivity contribution in [3.63, 3.8) is 0 Å². The van der Waals surface area contributed by atoms with Crippen LogP contribution >= 0.6 is 0 Å². The summed E-state index contributed by atoms with van der Waals surface area (Å²) in [6.07, 6.45) is 0.964. The Kier molecular flexibility index (Phi) is 3.73. The highest BCUT2D eigenvalue weighted by Gasteiger charge is 2.53. The number of fused-ring (bicyclic) bond motifs is 1. The smallest absolute Gasteiger partial charge is 0.334 e.